The summed E-state index contributed by atoms with van der Waals surface area (Å²) in [6.45, 7) is 6.69. The number of phenols is 1. The maximum atomic E-state index is 9.77. The molecular weight excluding hydrogens is 302 g/mol. The molecule has 0 saturated carbocycles. The standard InChI is InChI=1S/C16H18BrNO/c1-10-7-13(8-11(2)16(10)19)9-18-15-6-4-5-14(17)12(15)3/h4-8,18-19H,9H2,1-3H3. The highest BCUT2D eigenvalue weighted by Gasteiger charge is 2.05. The maximum absolute atomic E-state index is 9.77. The number of rotatable bonds is 3. The second kappa shape index (κ2) is 5.66. The summed E-state index contributed by atoms with van der Waals surface area (Å²) in [7, 11) is 0. The minimum atomic E-state index is 0.391. The van der Waals surface area contributed by atoms with Crippen LogP contribution in [-0.2, 0) is 6.54 Å². The van der Waals surface area contributed by atoms with E-state index < -0.39 is 0 Å². The van der Waals surface area contributed by atoms with Crippen molar-refractivity contribution in [3.8, 4) is 5.75 Å². The Balaban J connectivity index is 2.17. The summed E-state index contributed by atoms with van der Waals surface area (Å²) < 4.78 is 1.11. The van der Waals surface area contributed by atoms with Gasteiger partial charge < -0.3 is 10.4 Å². The molecule has 2 aromatic carbocycles. The second-order valence-electron chi connectivity index (χ2n) is 4.84. The molecule has 0 fully saturated rings. The van der Waals surface area contributed by atoms with Crippen molar-refractivity contribution in [1.29, 1.82) is 0 Å². The Bertz CT molecular complexity index is 585. The van der Waals surface area contributed by atoms with E-state index in [9.17, 15) is 5.11 Å². The fourth-order valence-corrected chi connectivity index (χ4v) is 2.51. The molecule has 0 saturated heterocycles. The van der Waals surface area contributed by atoms with E-state index in [1.54, 1.807) is 0 Å². The van der Waals surface area contributed by atoms with E-state index in [-0.39, 0.29) is 0 Å². The van der Waals surface area contributed by atoms with Crippen LogP contribution in [0.1, 0.15) is 22.3 Å². The van der Waals surface area contributed by atoms with Crippen molar-refractivity contribution >= 4 is 21.6 Å². The van der Waals surface area contributed by atoms with Gasteiger partial charge in [0.2, 0.25) is 0 Å². The molecule has 0 unspecified atom stereocenters. The van der Waals surface area contributed by atoms with E-state index in [1.807, 2.05) is 38.1 Å². The van der Waals surface area contributed by atoms with Crippen LogP contribution < -0.4 is 5.32 Å². The Hall–Kier alpha value is -1.48. The molecule has 100 valence electrons. The van der Waals surface area contributed by atoms with Crippen molar-refractivity contribution in [2.24, 2.45) is 0 Å². The lowest BCUT2D eigenvalue weighted by molar-refractivity contribution is 0.466. The summed E-state index contributed by atoms with van der Waals surface area (Å²) in [6.07, 6.45) is 0. The van der Waals surface area contributed by atoms with E-state index in [1.165, 1.54) is 11.1 Å². The number of benzene rings is 2. The van der Waals surface area contributed by atoms with Gasteiger partial charge in [-0.2, -0.15) is 0 Å². The summed E-state index contributed by atoms with van der Waals surface area (Å²) >= 11 is 3.53. The third-order valence-corrected chi connectivity index (χ3v) is 4.16. The zero-order valence-corrected chi connectivity index (χ0v) is 13.0. The molecule has 19 heavy (non-hydrogen) atoms. The Labute approximate surface area is 122 Å². The number of aryl methyl sites for hydroxylation is 2. The highest BCUT2D eigenvalue weighted by molar-refractivity contribution is 9.10. The first kappa shape index (κ1) is 13.9. The smallest absolute Gasteiger partial charge is 0.121 e. The van der Waals surface area contributed by atoms with Crippen LogP contribution in [-0.4, -0.2) is 5.11 Å². The van der Waals surface area contributed by atoms with Crippen LogP contribution in [0, 0.1) is 20.8 Å². The van der Waals surface area contributed by atoms with Crippen LogP contribution in [0.5, 0.6) is 5.75 Å². The van der Waals surface area contributed by atoms with E-state index >= 15 is 0 Å². The van der Waals surface area contributed by atoms with E-state index in [0.717, 1.165) is 27.8 Å². The zero-order chi connectivity index (χ0) is 14.0. The van der Waals surface area contributed by atoms with Gasteiger partial charge in [-0.15, -0.1) is 0 Å². The van der Waals surface area contributed by atoms with Gasteiger partial charge in [-0.25, -0.2) is 0 Å². The number of halogens is 1. The number of aromatic hydroxyl groups is 1. The molecule has 2 nitrogen and oxygen atoms in total. The molecule has 2 rings (SSSR count). The summed E-state index contributed by atoms with van der Waals surface area (Å²) in [6, 6.07) is 10.2. The van der Waals surface area contributed by atoms with Gasteiger partial charge in [0, 0.05) is 16.7 Å². The number of nitrogens with one attached hydrogen (secondary N) is 1. The van der Waals surface area contributed by atoms with Crippen LogP contribution in [0.15, 0.2) is 34.8 Å². The van der Waals surface area contributed by atoms with Crippen molar-refractivity contribution in [3.63, 3.8) is 0 Å². The molecule has 0 aliphatic heterocycles. The van der Waals surface area contributed by atoms with Crippen molar-refractivity contribution in [2.45, 2.75) is 27.3 Å². The third kappa shape index (κ3) is 3.10. The minimum Gasteiger partial charge on any atom is -0.507 e. The quantitative estimate of drug-likeness (QED) is 0.860. The first-order valence-electron chi connectivity index (χ1n) is 6.27. The molecule has 0 aliphatic carbocycles. The lowest BCUT2D eigenvalue weighted by Gasteiger charge is -2.12. The molecule has 0 amide bonds. The van der Waals surface area contributed by atoms with Gasteiger partial charge in [0.1, 0.15) is 5.75 Å². The fraction of sp³-hybridized carbons (Fsp3) is 0.250. The largest absolute Gasteiger partial charge is 0.507 e. The average molecular weight is 320 g/mol. The average Bonchev–Trinajstić information content (AvgIpc) is 2.37. The molecule has 0 aromatic heterocycles. The molecule has 3 heteroatoms. The monoisotopic (exact) mass is 319 g/mol. The van der Waals surface area contributed by atoms with Crippen LogP contribution in [0.3, 0.4) is 0 Å². The number of phenolic OH excluding ortho intramolecular Hbond substituents is 1. The van der Waals surface area contributed by atoms with Crippen molar-refractivity contribution in [2.75, 3.05) is 5.32 Å². The zero-order valence-electron chi connectivity index (χ0n) is 11.4. The summed E-state index contributed by atoms with van der Waals surface area (Å²) in [4.78, 5) is 0. The van der Waals surface area contributed by atoms with Crippen LogP contribution in [0.2, 0.25) is 0 Å². The highest BCUT2D eigenvalue weighted by Crippen LogP contribution is 2.26. The van der Waals surface area contributed by atoms with Crippen molar-refractivity contribution in [3.05, 3.63) is 57.1 Å². The topological polar surface area (TPSA) is 32.3 Å². The minimum absolute atomic E-state index is 0.391. The molecule has 0 radical (unpaired) electrons. The molecule has 0 spiro atoms. The first-order valence-corrected chi connectivity index (χ1v) is 7.06. The van der Waals surface area contributed by atoms with E-state index in [4.69, 9.17) is 0 Å². The van der Waals surface area contributed by atoms with Gasteiger partial charge in [0.15, 0.2) is 0 Å². The molecule has 2 aromatic rings. The third-order valence-electron chi connectivity index (χ3n) is 3.30. The number of hydrogen-bond acceptors (Lipinski definition) is 2. The predicted octanol–water partition coefficient (Wildman–Crippen LogP) is 4.69. The first-order chi connectivity index (χ1) is 8.99. The van der Waals surface area contributed by atoms with E-state index in [2.05, 4.69) is 34.2 Å². The van der Waals surface area contributed by atoms with Crippen LogP contribution in [0.4, 0.5) is 5.69 Å². The van der Waals surface area contributed by atoms with Crippen molar-refractivity contribution < 1.29 is 5.11 Å². The molecule has 0 heterocycles. The van der Waals surface area contributed by atoms with Gasteiger partial charge in [-0.3, -0.25) is 0 Å². The van der Waals surface area contributed by atoms with E-state index in [0.29, 0.717) is 5.75 Å². The predicted molar refractivity (Wildman–Crippen MR) is 83.8 cm³/mol. The van der Waals surface area contributed by atoms with Gasteiger partial charge >= 0.3 is 0 Å². The summed E-state index contributed by atoms with van der Waals surface area (Å²) in [5, 5.41) is 13.2. The van der Waals surface area contributed by atoms with Crippen LogP contribution in [0.25, 0.3) is 0 Å². The molecule has 2 N–H and O–H groups in total. The van der Waals surface area contributed by atoms with Gasteiger partial charge in [-0.05, 0) is 55.2 Å². The molecule has 0 aliphatic rings. The van der Waals surface area contributed by atoms with Gasteiger partial charge in [0.25, 0.3) is 0 Å². The summed E-state index contributed by atoms with van der Waals surface area (Å²) in [5.74, 6) is 0.391. The Morgan fingerprint density at radius 3 is 2.37 bits per heavy atom. The normalized spacial score (nSPS) is 10.5. The maximum Gasteiger partial charge on any atom is 0.121 e. The molecular formula is C16H18BrNO. The Morgan fingerprint density at radius 2 is 1.74 bits per heavy atom. The Kier molecular flexibility index (Phi) is 4.15. The second-order valence-corrected chi connectivity index (χ2v) is 5.70. The molecule has 0 atom stereocenters. The lowest BCUT2D eigenvalue weighted by atomic mass is 10.1. The molecule has 0 bridgehead atoms. The number of anilines is 1. The van der Waals surface area contributed by atoms with Crippen LogP contribution >= 0.6 is 15.9 Å². The van der Waals surface area contributed by atoms with Crippen molar-refractivity contribution in [1.82, 2.24) is 0 Å². The Morgan fingerprint density at radius 1 is 1.11 bits per heavy atom. The highest BCUT2D eigenvalue weighted by atomic mass is 79.9. The SMILES string of the molecule is Cc1cc(CNc2cccc(Br)c2C)cc(C)c1O. The lowest BCUT2D eigenvalue weighted by Crippen LogP contribution is -2.02. The number of hydrogen-bond donors (Lipinski definition) is 2. The summed E-state index contributed by atoms with van der Waals surface area (Å²) in [5.41, 5.74) is 5.34. The van der Waals surface area contributed by atoms with Gasteiger partial charge in [-0.1, -0.05) is 34.1 Å². The fourth-order valence-electron chi connectivity index (χ4n) is 2.14. The van der Waals surface area contributed by atoms with Gasteiger partial charge in [0.05, 0.1) is 0 Å².